The lowest BCUT2D eigenvalue weighted by molar-refractivity contribution is 0.247. The Morgan fingerprint density at radius 3 is 2.88 bits per heavy atom. The summed E-state index contributed by atoms with van der Waals surface area (Å²) in [6.45, 7) is 6.33. The lowest BCUT2D eigenvalue weighted by Crippen LogP contribution is -2.22. The number of thiophene rings is 1. The van der Waals surface area contributed by atoms with E-state index >= 15 is 0 Å². The van der Waals surface area contributed by atoms with Crippen LogP contribution in [-0.2, 0) is 5.75 Å². The van der Waals surface area contributed by atoms with Gasteiger partial charge in [-0.05, 0) is 50.3 Å². The summed E-state index contributed by atoms with van der Waals surface area (Å²) in [5, 5.41) is 10.7. The van der Waals surface area contributed by atoms with Crippen molar-refractivity contribution in [2.24, 2.45) is 5.92 Å². The molecule has 0 unspecified atom stereocenters. The van der Waals surface area contributed by atoms with Crippen molar-refractivity contribution in [1.29, 1.82) is 0 Å². The van der Waals surface area contributed by atoms with E-state index in [0.717, 1.165) is 38.2 Å². The number of pyridine rings is 1. The first-order chi connectivity index (χ1) is 15.5. The molecule has 32 heavy (non-hydrogen) atoms. The van der Waals surface area contributed by atoms with Gasteiger partial charge < -0.3 is 4.98 Å². The van der Waals surface area contributed by atoms with E-state index in [1.54, 1.807) is 29.3 Å². The van der Waals surface area contributed by atoms with Crippen molar-refractivity contribution in [2.45, 2.75) is 63.4 Å². The molecule has 0 radical (unpaired) electrons. The number of aromatic amines is 1. The van der Waals surface area contributed by atoms with Gasteiger partial charge in [-0.25, -0.2) is 4.98 Å². The topological polar surface area (TPSA) is 89.3 Å². The number of thioether (sulfide) groups is 1. The van der Waals surface area contributed by atoms with Crippen LogP contribution < -0.4 is 5.56 Å². The Morgan fingerprint density at radius 2 is 2.09 bits per heavy atom. The maximum Gasteiger partial charge on any atom is 0.259 e. The van der Waals surface area contributed by atoms with Crippen LogP contribution in [-0.4, -0.2) is 29.7 Å². The van der Waals surface area contributed by atoms with Crippen molar-refractivity contribution in [3.05, 3.63) is 51.1 Å². The van der Waals surface area contributed by atoms with E-state index in [4.69, 9.17) is 4.98 Å². The fourth-order valence-electron chi connectivity index (χ4n) is 4.55. The van der Waals surface area contributed by atoms with Gasteiger partial charge in [0.1, 0.15) is 10.7 Å². The summed E-state index contributed by atoms with van der Waals surface area (Å²) < 4.78 is 2.29. The van der Waals surface area contributed by atoms with E-state index in [9.17, 15) is 4.79 Å². The molecule has 1 saturated carbocycles. The number of aromatic nitrogens is 6. The Labute approximate surface area is 194 Å². The molecule has 5 rings (SSSR count). The van der Waals surface area contributed by atoms with Crippen LogP contribution in [0.5, 0.6) is 0 Å². The SMILES string of the molecule is Cc1sc2nc(CSc3nnc(-c4cccnc4)n3[C@H]3CCCC[C@H]3C)[nH]c(=O)c2c1C. The second kappa shape index (κ2) is 8.78. The van der Waals surface area contributed by atoms with Crippen LogP contribution >= 0.6 is 23.1 Å². The first-order valence-corrected chi connectivity index (χ1v) is 12.8. The van der Waals surface area contributed by atoms with Crippen LogP contribution in [0.3, 0.4) is 0 Å². The van der Waals surface area contributed by atoms with Crippen LogP contribution in [0.1, 0.15) is 54.9 Å². The molecular weight excluding hydrogens is 440 g/mol. The maximum absolute atomic E-state index is 12.7. The van der Waals surface area contributed by atoms with Gasteiger partial charge in [0.05, 0.1) is 11.1 Å². The molecule has 0 spiro atoms. The molecule has 2 atom stereocenters. The van der Waals surface area contributed by atoms with Crippen LogP contribution in [0.4, 0.5) is 0 Å². The normalized spacial score (nSPS) is 19.0. The van der Waals surface area contributed by atoms with Gasteiger partial charge >= 0.3 is 0 Å². The monoisotopic (exact) mass is 466 g/mol. The number of aryl methyl sites for hydroxylation is 2. The highest BCUT2D eigenvalue weighted by molar-refractivity contribution is 7.98. The molecule has 0 aliphatic heterocycles. The number of hydrogen-bond donors (Lipinski definition) is 1. The predicted molar refractivity (Wildman–Crippen MR) is 129 cm³/mol. The number of fused-ring (bicyclic) bond motifs is 1. The number of rotatable bonds is 5. The van der Waals surface area contributed by atoms with Gasteiger partial charge in [0.2, 0.25) is 0 Å². The van der Waals surface area contributed by atoms with Crippen molar-refractivity contribution in [1.82, 2.24) is 29.7 Å². The van der Waals surface area contributed by atoms with E-state index in [-0.39, 0.29) is 5.56 Å². The number of nitrogens with one attached hydrogen (secondary N) is 1. The molecule has 0 saturated heterocycles. The fraction of sp³-hybridized carbons (Fsp3) is 0.435. The van der Waals surface area contributed by atoms with Gasteiger partial charge in [0, 0.05) is 28.9 Å². The summed E-state index contributed by atoms with van der Waals surface area (Å²) in [4.78, 5) is 26.6. The smallest absolute Gasteiger partial charge is 0.259 e. The van der Waals surface area contributed by atoms with Crippen molar-refractivity contribution < 1.29 is 0 Å². The maximum atomic E-state index is 12.7. The molecule has 1 fully saturated rings. The standard InChI is InChI=1S/C23H26N6OS2/c1-13-7-4-5-9-17(13)29-20(16-8-6-10-24-11-16)27-28-23(29)31-12-18-25-21(30)19-14(2)15(3)32-22(19)26-18/h6,8,10-11,13,17H,4-5,7,9,12H2,1-3H3,(H,25,26,30)/t13-,17+/m1/s1. The van der Waals surface area contributed by atoms with Gasteiger partial charge in [0.15, 0.2) is 11.0 Å². The molecule has 9 heteroatoms. The van der Waals surface area contributed by atoms with E-state index < -0.39 is 0 Å². The van der Waals surface area contributed by atoms with Crippen LogP contribution in [0, 0.1) is 19.8 Å². The quantitative estimate of drug-likeness (QED) is 0.402. The van der Waals surface area contributed by atoms with Gasteiger partial charge in [-0.3, -0.25) is 14.3 Å². The fourth-order valence-corrected chi connectivity index (χ4v) is 6.46. The highest BCUT2D eigenvalue weighted by atomic mass is 32.2. The molecule has 4 heterocycles. The molecular formula is C23H26N6OS2. The number of hydrogen-bond acceptors (Lipinski definition) is 7. The van der Waals surface area contributed by atoms with Crippen LogP contribution in [0.15, 0.2) is 34.5 Å². The van der Waals surface area contributed by atoms with E-state index in [0.29, 0.717) is 28.9 Å². The van der Waals surface area contributed by atoms with E-state index in [2.05, 4.69) is 31.7 Å². The van der Waals surface area contributed by atoms with Crippen molar-refractivity contribution in [2.75, 3.05) is 0 Å². The first kappa shape index (κ1) is 21.3. The number of nitrogens with zero attached hydrogens (tertiary/aromatic N) is 5. The zero-order valence-corrected chi connectivity index (χ0v) is 20.1. The zero-order chi connectivity index (χ0) is 22.2. The van der Waals surface area contributed by atoms with Crippen LogP contribution in [0.25, 0.3) is 21.6 Å². The molecule has 166 valence electrons. The van der Waals surface area contributed by atoms with Gasteiger partial charge in [-0.1, -0.05) is 31.5 Å². The minimum atomic E-state index is -0.0640. The highest BCUT2D eigenvalue weighted by Crippen LogP contribution is 2.39. The zero-order valence-electron chi connectivity index (χ0n) is 18.5. The summed E-state index contributed by atoms with van der Waals surface area (Å²) in [5.74, 6) is 2.62. The largest absolute Gasteiger partial charge is 0.309 e. The third-order valence-electron chi connectivity index (χ3n) is 6.41. The highest BCUT2D eigenvalue weighted by Gasteiger charge is 2.29. The average Bonchev–Trinajstić information content (AvgIpc) is 3.34. The van der Waals surface area contributed by atoms with E-state index in [1.807, 2.05) is 32.2 Å². The second-order valence-electron chi connectivity index (χ2n) is 8.51. The van der Waals surface area contributed by atoms with Crippen molar-refractivity contribution >= 4 is 33.3 Å². The number of H-pyrrole nitrogens is 1. The van der Waals surface area contributed by atoms with Crippen molar-refractivity contribution in [3.63, 3.8) is 0 Å². The van der Waals surface area contributed by atoms with Gasteiger partial charge in [0.25, 0.3) is 5.56 Å². The average molecular weight is 467 g/mol. The second-order valence-corrected chi connectivity index (χ2v) is 10.7. The minimum absolute atomic E-state index is 0.0640. The lowest BCUT2D eigenvalue weighted by atomic mass is 9.85. The third kappa shape index (κ3) is 3.88. The van der Waals surface area contributed by atoms with Crippen molar-refractivity contribution in [3.8, 4) is 11.4 Å². The molecule has 1 aliphatic carbocycles. The Kier molecular flexibility index (Phi) is 5.86. The molecule has 0 bridgehead atoms. The molecule has 1 aliphatic rings. The summed E-state index contributed by atoms with van der Waals surface area (Å²) >= 11 is 3.16. The molecule has 1 N–H and O–H groups in total. The van der Waals surface area contributed by atoms with E-state index in [1.165, 1.54) is 19.3 Å². The molecule has 0 aromatic carbocycles. The summed E-state index contributed by atoms with van der Waals surface area (Å²) in [5.41, 5.74) is 1.93. The van der Waals surface area contributed by atoms with Crippen LogP contribution in [0.2, 0.25) is 0 Å². The molecule has 0 amide bonds. The van der Waals surface area contributed by atoms with Gasteiger partial charge in [-0.2, -0.15) is 0 Å². The molecule has 4 aromatic heterocycles. The summed E-state index contributed by atoms with van der Waals surface area (Å²) in [6.07, 6.45) is 8.44. The predicted octanol–water partition coefficient (Wildman–Crippen LogP) is 5.30. The molecule has 7 nitrogen and oxygen atoms in total. The first-order valence-electron chi connectivity index (χ1n) is 11.0. The lowest BCUT2D eigenvalue weighted by Gasteiger charge is -2.31. The minimum Gasteiger partial charge on any atom is -0.309 e. The molecule has 4 aromatic rings. The van der Waals surface area contributed by atoms with Gasteiger partial charge in [-0.15, -0.1) is 21.5 Å². The third-order valence-corrected chi connectivity index (χ3v) is 8.46. The Hall–Kier alpha value is -2.52. The Bertz CT molecular complexity index is 1310. The Balaban J connectivity index is 1.49. The summed E-state index contributed by atoms with van der Waals surface area (Å²) in [6, 6.07) is 4.32. The Morgan fingerprint density at radius 1 is 1.25 bits per heavy atom. The summed E-state index contributed by atoms with van der Waals surface area (Å²) in [7, 11) is 0.